The normalized spacial score (nSPS) is 12.2. The highest BCUT2D eigenvalue weighted by atomic mass is 79.9. The van der Waals surface area contributed by atoms with E-state index < -0.39 is 21.9 Å². The van der Waals surface area contributed by atoms with Crippen molar-refractivity contribution in [2.24, 2.45) is 0 Å². The molecule has 174 valence electrons. The van der Waals surface area contributed by atoms with Crippen LogP contribution in [0, 0.1) is 5.82 Å². The average molecular weight is 528 g/mol. The predicted octanol–water partition coefficient (Wildman–Crippen LogP) is 3.30. The predicted molar refractivity (Wildman–Crippen MR) is 126 cm³/mol. The van der Waals surface area contributed by atoms with E-state index >= 15 is 0 Å². The lowest BCUT2D eigenvalue weighted by molar-refractivity contribution is -0.140. The molecule has 2 aromatic carbocycles. The van der Waals surface area contributed by atoms with Crippen molar-refractivity contribution in [1.82, 2.24) is 10.2 Å². The third-order valence-electron chi connectivity index (χ3n) is 4.95. The highest BCUT2D eigenvalue weighted by molar-refractivity contribution is 9.10. The third kappa shape index (κ3) is 7.03. The third-order valence-corrected chi connectivity index (χ3v) is 6.66. The Hall–Kier alpha value is -2.46. The van der Waals surface area contributed by atoms with Gasteiger partial charge in [0.05, 0.1) is 11.9 Å². The van der Waals surface area contributed by atoms with Crippen LogP contribution in [-0.4, -0.2) is 51.0 Å². The number of hydrogen-bond donors (Lipinski definition) is 1. The lowest BCUT2D eigenvalue weighted by atomic mass is 10.1. The van der Waals surface area contributed by atoms with E-state index in [0.29, 0.717) is 0 Å². The van der Waals surface area contributed by atoms with E-state index in [2.05, 4.69) is 21.2 Å². The summed E-state index contributed by atoms with van der Waals surface area (Å²) >= 11 is 3.37. The van der Waals surface area contributed by atoms with Crippen LogP contribution >= 0.6 is 15.9 Å². The van der Waals surface area contributed by atoms with Crippen molar-refractivity contribution >= 4 is 43.5 Å². The summed E-state index contributed by atoms with van der Waals surface area (Å²) in [5.74, 6) is -1.26. The molecule has 0 spiro atoms. The molecule has 0 unspecified atom stereocenters. The SMILES string of the molecule is CNC(=O)[C@@H](C)N(Cc1ccc(Br)cc1)C(=O)CCCN(c1ccccc1F)S(C)(=O)=O. The number of carbonyl (C=O) groups is 2. The average Bonchev–Trinajstić information content (AvgIpc) is 2.75. The van der Waals surface area contributed by atoms with Crippen LogP contribution in [-0.2, 0) is 26.2 Å². The molecule has 0 aliphatic carbocycles. The van der Waals surface area contributed by atoms with Crippen molar-refractivity contribution in [3.63, 3.8) is 0 Å². The summed E-state index contributed by atoms with van der Waals surface area (Å²) < 4.78 is 40.4. The minimum atomic E-state index is -3.75. The largest absolute Gasteiger partial charge is 0.357 e. The molecule has 1 atom stereocenters. The first kappa shape index (κ1) is 25.8. The Morgan fingerprint density at radius 2 is 1.75 bits per heavy atom. The van der Waals surface area contributed by atoms with Gasteiger partial charge in [-0.25, -0.2) is 12.8 Å². The standard InChI is InChI=1S/C22H27BrFN3O4S/c1-16(22(29)25-2)26(15-17-10-12-18(23)13-11-17)21(28)9-6-14-27(32(3,30)31)20-8-5-4-7-19(20)24/h4-5,7-8,10-13,16H,6,9,14-15H2,1-3H3,(H,25,29)/t16-/m1/s1. The zero-order valence-electron chi connectivity index (χ0n) is 18.2. The second kappa shape index (κ2) is 11.4. The first-order valence-electron chi connectivity index (χ1n) is 10.0. The summed E-state index contributed by atoms with van der Waals surface area (Å²) in [6, 6.07) is 12.3. The Labute approximate surface area is 196 Å². The van der Waals surface area contributed by atoms with Crippen molar-refractivity contribution in [2.45, 2.75) is 32.4 Å². The number of likely N-dealkylation sites (N-methyl/N-ethyl adjacent to an activating group) is 1. The highest BCUT2D eigenvalue weighted by Gasteiger charge is 2.26. The van der Waals surface area contributed by atoms with Gasteiger partial charge >= 0.3 is 0 Å². The van der Waals surface area contributed by atoms with Gasteiger partial charge in [0.25, 0.3) is 0 Å². The Bertz CT molecular complexity index is 1050. The van der Waals surface area contributed by atoms with Crippen LogP contribution in [0.4, 0.5) is 10.1 Å². The van der Waals surface area contributed by atoms with Crippen LogP contribution in [0.25, 0.3) is 0 Å². The van der Waals surface area contributed by atoms with Crippen LogP contribution in [0.3, 0.4) is 0 Å². The topological polar surface area (TPSA) is 86.8 Å². The maximum atomic E-state index is 14.2. The summed E-state index contributed by atoms with van der Waals surface area (Å²) in [4.78, 5) is 26.7. The minimum Gasteiger partial charge on any atom is -0.357 e. The first-order valence-corrected chi connectivity index (χ1v) is 12.7. The summed E-state index contributed by atoms with van der Waals surface area (Å²) in [7, 11) is -2.25. The number of amides is 2. The molecule has 1 N–H and O–H groups in total. The minimum absolute atomic E-state index is 0.00165. The Morgan fingerprint density at radius 3 is 2.31 bits per heavy atom. The van der Waals surface area contributed by atoms with Crippen LogP contribution in [0.2, 0.25) is 0 Å². The number of anilines is 1. The molecule has 0 aliphatic heterocycles. The molecule has 0 aliphatic rings. The van der Waals surface area contributed by atoms with Gasteiger partial charge in [-0.05, 0) is 43.2 Å². The van der Waals surface area contributed by atoms with Crippen LogP contribution < -0.4 is 9.62 Å². The van der Waals surface area contributed by atoms with Gasteiger partial charge in [-0.1, -0.05) is 40.2 Å². The zero-order valence-corrected chi connectivity index (χ0v) is 20.6. The second-order valence-electron chi connectivity index (χ2n) is 7.33. The van der Waals surface area contributed by atoms with E-state index in [1.54, 1.807) is 13.0 Å². The Morgan fingerprint density at radius 1 is 1.12 bits per heavy atom. The fourth-order valence-corrected chi connectivity index (χ4v) is 4.44. The van der Waals surface area contributed by atoms with Crippen molar-refractivity contribution in [2.75, 3.05) is 24.2 Å². The molecule has 0 saturated carbocycles. The summed E-state index contributed by atoms with van der Waals surface area (Å²) in [6.07, 6.45) is 1.16. The van der Waals surface area contributed by atoms with Crippen molar-refractivity contribution in [3.8, 4) is 0 Å². The lowest BCUT2D eigenvalue weighted by Crippen LogP contribution is -2.46. The number of rotatable bonds is 10. The number of nitrogens with one attached hydrogen (secondary N) is 1. The second-order valence-corrected chi connectivity index (χ2v) is 10.2. The molecule has 10 heteroatoms. The molecule has 32 heavy (non-hydrogen) atoms. The van der Waals surface area contributed by atoms with Gasteiger partial charge < -0.3 is 10.2 Å². The van der Waals surface area contributed by atoms with Crippen molar-refractivity contribution in [1.29, 1.82) is 0 Å². The molecule has 2 amide bonds. The maximum Gasteiger partial charge on any atom is 0.242 e. The van der Waals surface area contributed by atoms with Gasteiger partial charge in [0.15, 0.2) is 0 Å². The monoisotopic (exact) mass is 527 g/mol. The van der Waals surface area contributed by atoms with Crippen molar-refractivity contribution < 1.29 is 22.4 Å². The van der Waals surface area contributed by atoms with E-state index in [0.717, 1.165) is 20.6 Å². The number of halogens is 2. The van der Waals surface area contributed by atoms with Gasteiger partial charge in [0.2, 0.25) is 21.8 Å². The van der Waals surface area contributed by atoms with Gasteiger partial charge in [0.1, 0.15) is 11.9 Å². The molecule has 0 fully saturated rings. The van der Waals surface area contributed by atoms with Crippen LogP contribution in [0.1, 0.15) is 25.3 Å². The van der Waals surface area contributed by atoms with E-state index in [4.69, 9.17) is 0 Å². The fraction of sp³-hybridized carbons (Fsp3) is 0.364. The molecule has 0 aromatic heterocycles. The number of nitrogens with zero attached hydrogens (tertiary/aromatic N) is 2. The fourth-order valence-electron chi connectivity index (χ4n) is 3.21. The number of hydrogen-bond acceptors (Lipinski definition) is 4. The number of sulfonamides is 1. The van der Waals surface area contributed by atoms with Gasteiger partial charge in [-0.15, -0.1) is 0 Å². The molecular formula is C22H27BrFN3O4S. The molecular weight excluding hydrogens is 501 g/mol. The first-order chi connectivity index (χ1) is 15.0. The van der Waals surface area contributed by atoms with E-state index in [1.165, 1.54) is 30.1 Å². The van der Waals surface area contributed by atoms with Gasteiger partial charge in [-0.3, -0.25) is 13.9 Å². The number of para-hydroxylation sites is 1. The highest BCUT2D eigenvalue weighted by Crippen LogP contribution is 2.22. The Balaban J connectivity index is 2.14. The summed E-state index contributed by atoms with van der Waals surface area (Å²) in [5, 5.41) is 2.55. The molecule has 7 nitrogen and oxygen atoms in total. The van der Waals surface area contributed by atoms with Gasteiger partial charge in [0, 0.05) is 31.0 Å². The van der Waals surface area contributed by atoms with Crippen LogP contribution in [0.15, 0.2) is 53.0 Å². The molecule has 2 rings (SSSR count). The van der Waals surface area contributed by atoms with E-state index in [9.17, 15) is 22.4 Å². The van der Waals surface area contributed by atoms with Crippen molar-refractivity contribution in [3.05, 3.63) is 64.4 Å². The zero-order chi connectivity index (χ0) is 23.9. The van der Waals surface area contributed by atoms with Crippen LogP contribution in [0.5, 0.6) is 0 Å². The van der Waals surface area contributed by atoms with Gasteiger partial charge in [-0.2, -0.15) is 0 Å². The number of carbonyl (C=O) groups excluding carboxylic acids is 2. The summed E-state index contributed by atoms with van der Waals surface area (Å²) in [6.45, 7) is 1.80. The smallest absolute Gasteiger partial charge is 0.242 e. The lowest BCUT2D eigenvalue weighted by Gasteiger charge is -2.29. The molecule has 2 aromatic rings. The molecule has 0 saturated heterocycles. The quantitative estimate of drug-likeness (QED) is 0.513. The number of benzene rings is 2. The van der Waals surface area contributed by atoms with E-state index in [-0.39, 0.29) is 43.4 Å². The molecule has 0 radical (unpaired) electrons. The molecule has 0 bridgehead atoms. The maximum absolute atomic E-state index is 14.2. The Kier molecular flexibility index (Phi) is 9.21. The van der Waals surface area contributed by atoms with E-state index in [1.807, 2.05) is 24.3 Å². The molecule has 0 heterocycles. The summed E-state index contributed by atoms with van der Waals surface area (Å²) in [5.41, 5.74) is 0.786.